The van der Waals surface area contributed by atoms with E-state index in [9.17, 15) is 4.79 Å². The van der Waals surface area contributed by atoms with Gasteiger partial charge in [-0.2, -0.15) is 0 Å². The zero-order chi connectivity index (χ0) is 14.7. The number of anilines is 1. The van der Waals surface area contributed by atoms with Gasteiger partial charge in [-0.3, -0.25) is 9.78 Å². The summed E-state index contributed by atoms with van der Waals surface area (Å²) in [5.41, 5.74) is 3.11. The minimum absolute atomic E-state index is 0.0910. The smallest absolute Gasteiger partial charge is 0.227 e. The summed E-state index contributed by atoms with van der Waals surface area (Å²) >= 11 is 0. The Labute approximate surface area is 123 Å². The first-order valence-electron chi connectivity index (χ1n) is 6.97. The summed E-state index contributed by atoms with van der Waals surface area (Å²) in [6, 6.07) is 11.9. The van der Waals surface area contributed by atoms with Gasteiger partial charge in [0.15, 0.2) is 0 Å². The molecule has 0 aliphatic heterocycles. The molecule has 0 saturated carbocycles. The summed E-state index contributed by atoms with van der Waals surface area (Å²) in [7, 11) is 1.79. The molecule has 0 bridgehead atoms. The Bertz CT molecular complexity index is 749. The van der Waals surface area contributed by atoms with Gasteiger partial charge >= 0.3 is 0 Å². The molecule has 0 fully saturated rings. The summed E-state index contributed by atoms with van der Waals surface area (Å²) in [4.78, 5) is 21.2. The van der Waals surface area contributed by atoms with E-state index < -0.39 is 0 Å². The number of amides is 1. The predicted molar refractivity (Wildman–Crippen MR) is 84.3 cm³/mol. The molecule has 106 valence electrons. The van der Waals surface area contributed by atoms with E-state index in [0.717, 1.165) is 17.6 Å². The molecular formula is C17H17N3O. The number of pyridine rings is 1. The molecule has 1 amide bonds. The van der Waals surface area contributed by atoms with Gasteiger partial charge in [-0.1, -0.05) is 18.2 Å². The number of nitrogens with zero attached hydrogens (tertiary/aromatic N) is 2. The topological polar surface area (TPSA) is 49.0 Å². The minimum Gasteiger partial charge on any atom is -0.361 e. The van der Waals surface area contributed by atoms with Crippen LogP contribution >= 0.6 is 0 Å². The number of benzene rings is 1. The van der Waals surface area contributed by atoms with E-state index in [4.69, 9.17) is 0 Å². The first-order chi connectivity index (χ1) is 10.3. The average Bonchev–Trinajstić information content (AvgIpc) is 2.96. The fraction of sp³-hybridized carbons (Fsp3) is 0.176. The van der Waals surface area contributed by atoms with Crippen LogP contribution in [0.4, 0.5) is 5.69 Å². The van der Waals surface area contributed by atoms with Crippen LogP contribution in [0.1, 0.15) is 12.0 Å². The van der Waals surface area contributed by atoms with E-state index in [0.29, 0.717) is 6.42 Å². The van der Waals surface area contributed by atoms with Crippen molar-refractivity contribution in [3.05, 3.63) is 60.6 Å². The van der Waals surface area contributed by atoms with Crippen LogP contribution in [0.2, 0.25) is 0 Å². The maximum Gasteiger partial charge on any atom is 0.227 e. The number of rotatable bonds is 4. The maximum absolute atomic E-state index is 12.3. The van der Waals surface area contributed by atoms with Gasteiger partial charge < -0.3 is 9.88 Å². The number of para-hydroxylation sites is 1. The lowest BCUT2D eigenvalue weighted by Crippen LogP contribution is -2.26. The molecule has 0 unspecified atom stereocenters. The Morgan fingerprint density at radius 3 is 2.90 bits per heavy atom. The molecule has 4 nitrogen and oxygen atoms in total. The third-order valence-corrected chi connectivity index (χ3v) is 3.69. The Hall–Kier alpha value is -2.62. The van der Waals surface area contributed by atoms with Crippen LogP contribution < -0.4 is 4.90 Å². The first-order valence-corrected chi connectivity index (χ1v) is 6.97. The van der Waals surface area contributed by atoms with Crippen molar-refractivity contribution in [3.63, 3.8) is 0 Å². The van der Waals surface area contributed by atoms with Crippen molar-refractivity contribution in [3.8, 4) is 0 Å². The summed E-state index contributed by atoms with van der Waals surface area (Å²) in [6.07, 6.45) is 6.60. The lowest BCUT2D eigenvalue weighted by atomic mass is 10.1. The van der Waals surface area contributed by atoms with Gasteiger partial charge in [0.25, 0.3) is 0 Å². The van der Waals surface area contributed by atoms with Gasteiger partial charge in [0, 0.05) is 36.8 Å². The number of aromatic nitrogens is 2. The van der Waals surface area contributed by atoms with Gasteiger partial charge in [-0.15, -0.1) is 0 Å². The number of H-pyrrole nitrogens is 1. The van der Waals surface area contributed by atoms with Crippen LogP contribution in [0.5, 0.6) is 0 Å². The Balaban J connectivity index is 1.69. The lowest BCUT2D eigenvalue weighted by molar-refractivity contribution is -0.118. The summed E-state index contributed by atoms with van der Waals surface area (Å²) in [5.74, 6) is 0.0910. The summed E-state index contributed by atoms with van der Waals surface area (Å²) < 4.78 is 0. The average molecular weight is 279 g/mol. The zero-order valence-corrected chi connectivity index (χ0v) is 11.9. The second-order valence-electron chi connectivity index (χ2n) is 5.02. The molecule has 0 aliphatic rings. The van der Waals surface area contributed by atoms with Crippen molar-refractivity contribution in [2.24, 2.45) is 0 Å². The van der Waals surface area contributed by atoms with Crippen LogP contribution in [0, 0.1) is 0 Å². The third-order valence-electron chi connectivity index (χ3n) is 3.69. The number of hydrogen-bond acceptors (Lipinski definition) is 2. The number of fused-ring (bicyclic) bond motifs is 1. The van der Waals surface area contributed by atoms with Crippen LogP contribution in [0.3, 0.4) is 0 Å². The molecule has 2 aromatic heterocycles. The second kappa shape index (κ2) is 5.79. The van der Waals surface area contributed by atoms with Crippen molar-refractivity contribution in [2.75, 3.05) is 11.9 Å². The highest BCUT2D eigenvalue weighted by Crippen LogP contribution is 2.20. The molecule has 1 N–H and O–H groups in total. The van der Waals surface area contributed by atoms with Gasteiger partial charge in [0.1, 0.15) is 0 Å². The number of hydrogen-bond donors (Lipinski definition) is 1. The van der Waals surface area contributed by atoms with E-state index in [1.165, 1.54) is 10.9 Å². The molecule has 3 aromatic rings. The largest absolute Gasteiger partial charge is 0.361 e. The quantitative estimate of drug-likeness (QED) is 0.797. The monoisotopic (exact) mass is 279 g/mol. The van der Waals surface area contributed by atoms with Crippen molar-refractivity contribution in [1.82, 2.24) is 9.97 Å². The fourth-order valence-electron chi connectivity index (χ4n) is 2.44. The predicted octanol–water partition coefficient (Wildman–Crippen LogP) is 3.16. The molecular weight excluding hydrogens is 262 g/mol. The number of carbonyl (C=O) groups is 1. The number of aryl methyl sites for hydroxylation is 1. The normalized spacial score (nSPS) is 10.7. The van der Waals surface area contributed by atoms with E-state index in [1.54, 1.807) is 24.3 Å². The van der Waals surface area contributed by atoms with E-state index in [1.807, 2.05) is 36.5 Å². The van der Waals surface area contributed by atoms with Crippen molar-refractivity contribution >= 4 is 22.5 Å². The van der Waals surface area contributed by atoms with Crippen LogP contribution in [0.25, 0.3) is 10.9 Å². The van der Waals surface area contributed by atoms with E-state index in [-0.39, 0.29) is 5.91 Å². The summed E-state index contributed by atoms with van der Waals surface area (Å²) in [5, 5.41) is 1.19. The zero-order valence-electron chi connectivity index (χ0n) is 11.9. The Morgan fingerprint density at radius 2 is 2.10 bits per heavy atom. The molecule has 21 heavy (non-hydrogen) atoms. The molecule has 2 heterocycles. The van der Waals surface area contributed by atoms with Crippen LogP contribution in [0.15, 0.2) is 55.0 Å². The highest BCUT2D eigenvalue weighted by atomic mass is 16.2. The Morgan fingerprint density at radius 1 is 1.24 bits per heavy atom. The second-order valence-corrected chi connectivity index (χ2v) is 5.02. The molecule has 1 aromatic carbocycles. The SMILES string of the molecule is CN(C(=O)CCc1c[nH]c2ccccc12)c1cccnc1. The van der Waals surface area contributed by atoms with Crippen LogP contribution in [-0.2, 0) is 11.2 Å². The molecule has 0 saturated heterocycles. The third kappa shape index (κ3) is 2.79. The first kappa shape index (κ1) is 13.4. The molecule has 0 atom stereocenters. The van der Waals surface area contributed by atoms with Crippen LogP contribution in [-0.4, -0.2) is 22.9 Å². The molecule has 0 spiro atoms. The molecule has 0 radical (unpaired) electrons. The molecule has 0 aliphatic carbocycles. The number of nitrogens with one attached hydrogen (secondary N) is 1. The van der Waals surface area contributed by atoms with Gasteiger partial charge in [0.05, 0.1) is 11.9 Å². The van der Waals surface area contributed by atoms with Crippen molar-refractivity contribution in [2.45, 2.75) is 12.8 Å². The van der Waals surface area contributed by atoms with Gasteiger partial charge in [-0.05, 0) is 30.2 Å². The Kier molecular flexibility index (Phi) is 3.69. The number of aromatic amines is 1. The minimum atomic E-state index is 0.0910. The van der Waals surface area contributed by atoms with Gasteiger partial charge in [-0.25, -0.2) is 0 Å². The summed E-state index contributed by atoms with van der Waals surface area (Å²) in [6.45, 7) is 0. The number of carbonyl (C=O) groups excluding carboxylic acids is 1. The molecule has 4 heteroatoms. The van der Waals surface area contributed by atoms with E-state index >= 15 is 0 Å². The standard InChI is InChI=1S/C17H17N3O/c1-20(14-5-4-10-18-12-14)17(21)9-8-13-11-19-16-7-3-2-6-15(13)16/h2-7,10-12,19H,8-9H2,1H3. The van der Waals surface area contributed by atoms with Gasteiger partial charge in [0.2, 0.25) is 5.91 Å². The fourth-order valence-corrected chi connectivity index (χ4v) is 2.44. The maximum atomic E-state index is 12.3. The highest BCUT2D eigenvalue weighted by Gasteiger charge is 2.12. The van der Waals surface area contributed by atoms with E-state index in [2.05, 4.69) is 16.0 Å². The van der Waals surface area contributed by atoms with Crippen molar-refractivity contribution < 1.29 is 4.79 Å². The lowest BCUT2D eigenvalue weighted by Gasteiger charge is -2.16. The highest BCUT2D eigenvalue weighted by molar-refractivity contribution is 5.93. The molecule has 3 rings (SSSR count). The van der Waals surface area contributed by atoms with Crippen molar-refractivity contribution in [1.29, 1.82) is 0 Å².